The van der Waals surface area contributed by atoms with Crippen LogP contribution >= 0.6 is 11.3 Å². The average molecular weight is 509 g/mol. The van der Waals surface area contributed by atoms with Crippen molar-refractivity contribution in [3.8, 4) is 11.5 Å². The summed E-state index contributed by atoms with van der Waals surface area (Å²) in [6, 6.07) is 22.0. The lowest BCUT2D eigenvalue weighted by Crippen LogP contribution is -2.38. The van der Waals surface area contributed by atoms with Gasteiger partial charge in [0.05, 0.1) is 23.4 Å². The van der Waals surface area contributed by atoms with Crippen molar-refractivity contribution in [3.63, 3.8) is 0 Å². The Morgan fingerprint density at radius 3 is 2.62 bits per heavy atom. The summed E-state index contributed by atoms with van der Waals surface area (Å²) in [7, 11) is 1.51. The quantitative estimate of drug-likeness (QED) is 0.414. The fraction of sp³-hybridized carbons (Fsp3) is 0.226. The second kappa shape index (κ2) is 9.20. The minimum atomic E-state index is -0.197. The van der Waals surface area contributed by atoms with Crippen LogP contribution in [-0.4, -0.2) is 16.8 Å². The number of ether oxygens (including phenoxy) is 1. The highest BCUT2D eigenvalue weighted by Gasteiger charge is 2.32. The number of hydrogen-bond donors (Lipinski definition) is 1. The number of nitrogens with zero attached hydrogens (tertiary/aromatic N) is 2. The molecule has 2 aliphatic rings. The number of aromatic nitrogens is 1. The molecule has 1 unspecified atom stereocenters. The van der Waals surface area contributed by atoms with Crippen LogP contribution in [-0.2, 0) is 6.42 Å². The Bertz CT molecular complexity index is 1730. The lowest BCUT2D eigenvalue weighted by atomic mass is 9.83. The fourth-order valence-corrected chi connectivity index (χ4v) is 6.32. The third kappa shape index (κ3) is 4.02. The second-order valence-electron chi connectivity index (χ2n) is 9.87. The minimum Gasteiger partial charge on any atom is -0.504 e. The number of fused-ring (bicyclic) bond motifs is 3. The minimum absolute atomic E-state index is 0.0564. The topological polar surface area (TPSA) is 63.8 Å². The van der Waals surface area contributed by atoms with Crippen molar-refractivity contribution >= 4 is 23.1 Å². The van der Waals surface area contributed by atoms with Crippen molar-refractivity contribution in [2.75, 3.05) is 7.11 Å². The molecule has 186 valence electrons. The van der Waals surface area contributed by atoms with Crippen LogP contribution in [0.1, 0.15) is 60.0 Å². The maximum atomic E-state index is 13.9. The molecule has 1 aromatic heterocycles. The highest BCUT2D eigenvalue weighted by atomic mass is 32.1. The van der Waals surface area contributed by atoms with Gasteiger partial charge in [0.2, 0.25) is 0 Å². The molecular weight excluding hydrogens is 480 g/mol. The molecule has 1 atom stereocenters. The van der Waals surface area contributed by atoms with Gasteiger partial charge in [0.15, 0.2) is 16.3 Å². The van der Waals surface area contributed by atoms with Crippen LogP contribution in [0.3, 0.4) is 0 Å². The number of aromatic hydroxyl groups is 1. The number of thiazole rings is 1. The molecule has 1 aliphatic carbocycles. The number of hydrogen-bond acceptors (Lipinski definition) is 5. The Morgan fingerprint density at radius 2 is 1.86 bits per heavy atom. The van der Waals surface area contributed by atoms with Crippen molar-refractivity contribution in [1.82, 2.24) is 4.57 Å². The number of phenols is 1. The Kier molecular flexibility index (Phi) is 5.84. The van der Waals surface area contributed by atoms with E-state index >= 15 is 0 Å². The Hall–Kier alpha value is -3.90. The monoisotopic (exact) mass is 508 g/mol. The van der Waals surface area contributed by atoms with Gasteiger partial charge in [0.25, 0.3) is 5.56 Å². The Morgan fingerprint density at radius 1 is 1.08 bits per heavy atom. The van der Waals surface area contributed by atoms with Crippen LogP contribution in [0.4, 0.5) is 0 Å². The summed E-state index contributed by atoms with van der Waals surface area (Å²) in [6.45, 7) is 4.38. The summed E-state index contributed by atoms with van der Waals surface area (Å²) >= 11 is 1.40. The molecule has 2 heterocycles. The van der Waals surface area contributed by atoms with Gasteiger partial charge in [-0.25, -0.2) is 4.99 Å². The number of allylic oxidation sites excluding steroid dienone is 1. The molecule has 0 saturated heterocycles. The van der Waals surface area contributed by atoms with E-state index in [1.165, 1.54) is 35.1 Å². The van der Waals surface area contributed by atoms with Gasteiger partial charge in [-0.15, -0.1) is 0 Å². The van der Waals surface area contributed by atoms with E-state index in [1.54, 1.807) is 18.2 Å². The van der Waals surface area contributed by atoms with Gasteiger partial charge >= 0.3 is 0 Å². The predicted molar refractivity (Wildman–Crippen MR) is 148 cm³/mol. The summed E-state index contributed by atoms with van der Waals surface area (Å²) in [5.41, 5.74) is 7.76. The summed E-state index contributed by atoms with van der Waals surface area (Å²) in [6.07, 6.45) is 3.65. The maximum absolute atomic E-state index is 13.9. The number of aryl methyl sites for hydroxylation is 1. The van der Waals surface area contributed by atoms with E-state index in [1.807, 2.05) is 10.6 Å². The largest absolute Gasteiger partial charge is 0.504 e. The lowest BCUT2D eigenvalue weighted by molar-refractivity contribution is 0.373. The Labute approximate surface area is 219 Å². The third-order valence-corrected chi connectivity index (χ3v) is 8.28. The molecular formula is C31H28N2O3S. The molecule has 0 spiro atoms. The van der Waals surface area contributed by atoms with Gasteiger partial charge in [0.1, 0.15) is 0 Å². The second-order valence-corrected chi connectivity index (χ2v) is 10.9. The number of methoxy groups -OCH3 is 1. The van der Waals surface area contributed by atoms with Gasteiger partial charge in [0, 0.05) is 5.56 Å². The molecule has 3 aromatic carbocycles. The lowest BCUT2D eigenvalue weighted by Gasteiger charge is -2.31. The van der Waals surface area contributed by atoms with Crippen LogP contribution in [0.2, 0.25) is 0 Å². The standard InChI is InChI=1S/C31H28N2O3S/c1-18(2)20-9-11-22(12-10-20)29-24-14-13-21-6-4-5-7-23(21)28(24)32-31-33(29)30(35)27(37-31)17-19-8-15-25(34)26(16-19)36-3/h4-12,15-18,29,34H,13-14H2,1-3H3. The normalized spacial score (nSPS) is 16.8. The highest BCUT2D eigenvalue weighted by molar-refractivity contribution is 7.07. The zero-order valence-corrected chi connectivity index (χ0v) is 21.9. The van der Waals surface area contributed by atoms with Gasteiger partial charge in [-0.2, -0.15) is 0 Å². The first-order valence-corrected chi connectivity index (χ1v) is 13.4. The van der Waals surface area contributed by atoms with Crippen molar-refractivity contribution in [1.29, 1.82) is 0 Å². The van der Waals surface area contributed by atoms with E-state index in [-0.39, 0.29) is 17.4 Å². The number of benzene rings is 3. The summed E-state index contributed by atoms with van der Waals surface area (Å²) in [5.74, 6) is 0.878. The molecule has 0 saturated carbocycles. The summed E-state index contributed by atoms with van der Waals surface area (Å²) in [5, 5.41) is 9.98. The molecule has 6 heteroatoms. The van der Waals surface area contributed by atoms with Crippen molar-refractivity contribution in [2.45, 2.75) is 38.6 Å². The number of phenolic OH excluding ortho intramolecular Hbond substituents is 1. The average Bonchev–Trinajstić information content (AvgIpc) is 3.22. The Balaban J connectivity index is 1.58. The molecule has 0 bridgehead atoms. The summed E-state index contributed by atoms with van der Waals surface area (Å²) in [4.78, 5) is 19.7. The summed E-state index contributed by atoms with van der Waals surface area (Å²) < 4.78 is 7.73. The molecule has 0 amide bonds. The first-order valence-electron chi connectivity index (χ1n) is 12.5. The van der Waals surface area contributed by atoms with E-state index in [0.717, 1.165) is 35.2 Å². The van der Waals surface area contributed by atoms with Crippen LogP contribution in [0.25, 0.3) is 11.8 Å². The third-order valence-electron chi connectivity index (χ3n) is 7.29. The van der Waals surface area contributed by atoms with Gasteiger partial charge in [-0.1, -0.05) is 79.8 Å². The molecule has 0 radical (unpaired) electrons. The van der Waals surface area contributed by atoms with Crippen LogP contribution < -0.4 is 19.6 Å². The predicted octanol–water partition coefficient (Wildman–Crippen LogP) is 5.16. The molecule has 1 aliphatic heterocycles. The van der Waals surface area contributed by atoms with Crippen molar-refractivity contribution in [2.24, 2.45) is 4.99 Å². The molecule has 37 heavy (non-hydrogen) atoms. The van der Waals surface area contributed by atoms with Crippen molar-refractivity contribution < 1.29 is 9.84 Å². The molecule has 5 nitrogen and oxygen atoms in total. The van der Waals surface area contributed by atoms with Crippen LogP contribution in [0.5, 0.6) is 11.5 Å². The SMILES string of the molecule is COc1cc(C=c2sc3n(c2=O)C(c2ccc(C(C)C)cc2)C2=C(N=3)c3ccccc3CC2)ccc1O. The van der Waals surface area contributed by atoms with E-state index in [4.69, 9.17) is 9.73 Å². The highest BCUT2D eigenvalue weighted by Crippen LogP contribution is 2.41. The van der Waals surface area contributed by atoms with Gasteiger partial charge in [-0.3, -0.25) is 9.36 Å². The fourth-order valence-electron chi connectivity index (χ4n) is 5.32. The van der Waals surface area contributed by atoms with E-state index < -0.39 is 0 Å². The first-order chi connectivity index (χ1) is 17.9. The molecule has 6 rings (SSSR count). The first kappa shape index (κ1) is 23.5. The van der Waals surface area contributed by atoms with Gasteiger partial charge < -0.3 is 9.84 Å². The zero-order chi connectivity index (χ0) is 25.7. The number of rotatable bonds is 4. The maximum Gasteiger partial charge on any atom is 0.271 e. The van der Waals surface area contributed by atoms with Crippen LogP contribution in [0, 0.1) is 0 Å². The van der Waals surface area contributed by atoms with Crippen molar-refractivity contribution in [3.05, 3.63) is 120 Å². The molecule has 4 aromatic rings. The molecule has 0 fully saturated rings. The molecule has 1 N–H and O–H groups in total. The van der Waals surface area contributed by atoms with Crippen LogP contribution in [0.15, 0.2) is 82.1 Å². The van der Waals surface area contributed by atoms with E-state index in [9.17, 15) is 9.90 Å². The van der Waals surface area contributed by atoms with E-state index in [0.29, 0.717) is 21.0 Å². The van der Waals surface area contributed by atoms with Gasteiger partial charge in [-0.05, 0) is 64.8 Å². The zero-order valence-electron chi connectivity index (χ0n) is 21.1. The smallest absolute Gasteiger partial charge is 0.271 e. The van der Waals surface area contributed by atoms with E-state index in [2.05, 4.69) is 62.4 Å².